The summed E-state index contributed by atoms with van der Waals surface area (Å²) < 4.78 is 0. The molecule has 0 aliphatic heterocycles. The molecule has 2 N–H and O–H groups in total. The van der Waals surface area contributed by atoms with Crippen LogP contribution in [0.3, 0.4) is 0 Å². The lowest BCUT2D eigenvalue weighted by Gasteiger charge is -2.14. The molecule has 12 heavy (non-hydrogen) atoms. The van der Waals surface area contributed by atoms with Crippen LogP contribution in [0.2, 0.25) is 0 Å². The fourth-order valence-corrected chi connectivity index (χ4v) is 0.957. The molecule has 0 bridgehead atoms. The van der Waals surface area contributed by atoms with Gasteiger partial charge in [0, 0.05) is 12.5 Å². The molecule has 0 aromatic heterocycles. The van der Waals surface area contributed by atoms with Crippen LogP contribution >= 0.6 is 0 Å². The zero-order chi connectivity index (χ0) is 9.56. The van der Waals surface area contributed by atoms with E-state index in [1.807, 2.05) is 14.1 Å². The highest BCUT2D eigenvalue weighted by atomic mass is 16.1. The first-order valence-electron chi connectivity index (χ1n) is 4.42. The Kier molecular flexibility index (Phi) is 5.93. The van der Waals surface area contributed by atoms with Gasteiger partial charge in [-0.2, -0.15) is 0 Å². The van der Waals surface area contributed by atoms with Crippen LogP contribution in [0.4, 0.5) is 0 Å². The number of nitrogens with two attached hydrogens (primary N) is 1. The van der Waals surface area contributed by atoms with Gasteiger partial charge in [-0.25, -0.2) is 0 Å². The largest absolute Gasteiger partial charge is 0.328 e. The number of rotatable bonds is 6. The molecule has 0 aliphatic carbocycles. The minimum Gasteiger partial charge on any atom is -0.328 e. The van der Waals surface area contributed by atoms with Crippen LogP contribution in [-0.4, -0.2) is 37.4 Å². The van der Waals surface area contributed by atoms with Crippen LogP contribution in [0.5, 0.6) is 0 Å². The van der Waals surface area contributed by atoms with Crippen LogP contribution in [0.25, 0.3) is 0 Å². The lowest BCUT2D eigenvalue weighted by Crippen LogP contribution is -2.26. The summed E-state index contributed by atoms with van der Waals surface area (Å²) in [5.74, 6) is 0.232. The molecule has 0 amide bonds. The highest BCUT2D eigenvalue weighted by molar-refractivity contribution is 5.75. The quantitative estimate of drug-likeness (QED) is 0.639. The third-order valence-corrected chi connectivity index (χ3v) is 1.81. The van der Waals surface area contributed by atoms with Gasteiger partial charge in [-0.1, -0.05) is 0 Å². The summed E-state index contributed by atoms with van der Waals surface area (Å²) in [6.45, 7) is 2.61. The highest BCUT2D eigenvalue weighted by Crippen LogP contribution is 2.00. The molecule has 0 unspecified atom stereocenters. The molecule has 0 saturated heterocycles. The van der Waals surface area contributed by atoms with Crippen LogP contribution < -0.4 is 5.73 Å². The molecule has 0 radical (unpaired) electrons. The number of Topliss-reactive ketones (excluding diaryl/α,β-unsaturated/α-hetero) is 1. The minimum absolute atomic E-state index is 0.177. The zero-order valence-corrected chi connectivity index (χ0v) is 8.34. The molecule has 72 valence electrons. The average Bonchev–Trinajstić information content (AvgIpc) is 1.96. The topological polar surface area (TPSA) is 46.3 Å². The second kappa shape index (κ2) is 6.14. The molecule has 0 rings (SSSR count). The van der Waals surface area contributed by atoms with E-state index in [-0.39, 0.29) is 11.8 Å². The third-order valence-electron chi connectivity index (χ3n) is 1.81. The molecule has 0 aromatic carbocycles. The Bertz CT molecular complexity index is 134. The van der Waals surface area contributed by atoms with Gasteiger partial charge in [-0.3, -0.25) is 0 Å². The van der Waals surface area contributed by atoms with Crippen LogP contribution in [0.15, 0.2) is 0 Å². The van der Waals surface area contributed by atoms with Crippen molar-refractivity contribution in [3.8, 4) is 0 Å². The van der Waals surface area contributed by atoms with Crippen molar-refractivity contribution in [1.82, 2.24) is 4.90 Å². The second-order valence-corrected chi connectivity index (χ2v) is 3.59. The van der Waals surface area contributed by atoms with Crippen molar-refractivity contribution >= 4 is 5.78 Å². The summed E-state index contributed by atoms with van der Waals surface area (Å²) in [5, 5.41) is 0. The number of carbonyl (C=O) groups excluding carboxylic acids is 1. The van der Waals surface area contributed by atoms with Crippen molar-refractivity contribution < 1.29 is 4.79 Å². The molecule has 0 spiro atoms. The standard InChI is InChI=1S/C9H20N2O/c1-8(12)4-5-9(10)6-7-11(2)3/h9H,4-7,10H2,1-3H3/t9-/m0/s1. The first kappa shape index (κ1) is 11.6. The van der Waals surface area contributed by atoms with Crippen molar-refractivity contribution in [3.63, 3.8) is 0 Å². The third kappa shape index (κ3) is 7.69. The summed E-state index contributed by atoms with van der Waals surface area (Å²) in [5.41, 5.74) is 5.79. The maximum absolute atomic E-state index is 10.6. The lowest BCUT2D eigenvalue weighted by atomic mass is 10.1. The van der Waals surface area contributed by atoms with E-state index < -0.39 is 0 Å². The number of carbonyl (C=O) groups is 1. The molecule has 0 aliphatic rings. The molecule has 0 heterocycles. The Morgan fingerprint density at radius 1 is 1.42 bits per heavy atom. The van der Waals surface area contributed by atoms with E-state index in [4.69, 9.17) is 5.73 Å². The number of hydrogen-bond donors (Lipinski definition) is 1. The van der Waals surface area contributed by atoms with Gasteiger partial charge in [0.05, 0.1) is 0 Å². The summed E-state index contributed by atoms with van der Waals surface area (Å²) >= 11 is 0. The molecular weight excluding hydrogens is 152 g/mol. The molecule has 3 heteroatoms. The van der Waals surface area contributed by atoms with Gasteiger partial charge in [-0.05, 0) is 40.4 Å². The van der Waals surface area contributed by atoms with Crippen LogP contribution in [0, 0.1) is 0 Å². The maximum atomic E-state index is 10.6. The van der Waals surface area contributed by atoms with E-state index >= 15 is 0 Å². The second-order valence-electron chi connectivity index (χ2n) is 3.59. The van der Waals surface area contributed by atoms with E-state index in [1.54, 1.807) is 6.92 Å². The van der Waals surface area contributed by atoms with Gasteiger partial charge < -0.3 is 15.4 Å². The predicted octanol–water partition coefficient (Wildman–Crippen LogP) is 0.635. The Hall–Kier alpha value is -0.410. The Morgan fingerprint density at radius 2 is 2.00 bits per heavy atom. The SMILES string of the molecule is CC(=O)CC[C@H](N)CCN(C)C. The van der Waals surface area contributed by atoms with Gasteiger partial charge in [0.15, 0.2) is 0 Å². The summed E-state index contributed by atoms with van der Waals surface area (Å²) in [6, 6.07) is 0.177. The van der Waals surface area contributed by atoms with Crippen molar-refractivity contribution in [1.29, 1.82) is 0 Å². The summed E-state index contributed by atoms with van der Waals surface area (Å²) in [7, 11) is 4.05. The fourth-order valence-electron chi connectivity index (χ4n) is 0.957. The lowest BCUT2D eigenvalue weighted by molar-refractivity contribution is -0.117. The fraction of sp³-hybridized carbons (Fsp3) is 0.889. The first-order valence-corrected chi connectivity index (χ1v) is 4.42. The maximum Gasteiger partial charge on any atom is 0.129 e. The van der Waals surface area contributed by atoms with Gasteiger partial charge in [-0.15, -0.1) is 0 Å². The molecule has 3 nitrogen and oxygen atoms in total. The monoisotopic (exact) mass is 172 g/mol. The number of hydrogen-bond acceptors (Lipinski definition) is 3. The number of ketones is 1. The van der Waals surface area contributed by atoms with E-state index in [1.165, 1.54) is 0 Å². The van der Waals surface area contributed by atoms with E-state index in [9.17, 15) is 4.79 Å². The Morgan fingerprint density at radius 3 is 2.42 bits per heavy atom. The van der Waals surface area contributed by atoms with Crippen molar-refractivity contribution in [2.75, 3.05) is 20.6 Å². The van der Waals surface area contributed by atoms with Crippen LogP contribution in [-0.2, 0) is 4.79 Å². The zero-order valence-electron chi connectivity index (χ0n) is 8.34. The van der Waals surface area contributed by atoms with E-state index in [0.29, 0.717) is 6.42 Å². The van der Waals surface area contributed by atoms with Crippen molar-refractivity contribution in [2.24, 2.45) is 5.73 Å². The molecule has 0 saturated carbocycles. The van der Waals surface area contributed by atoms with Gasteiger partial charge in [0.25, 0.3) is 0 Å². The van der Waals surface area contributed by atoms with Gasteiger partial charge >= 0.3 is 0 Å². The van der Waals surface area contributed by atoms with E-state index in [0.717, 1.165) is 19.4 Å². The van der Waals surface area contributed by atoms with Gasteiger partial charge in [0.1, 0.15) is 5.78 Å². The summed E-state index contributed by atoms with van der Waals surface area (Å²) in [6.07, 6.45) is 2.41. The van der Waals surface area contributed by atoms with Crippen LogP contribution in [0.1, 0.15) is 26.2 Å². The number of nitrogens with zero attached hydrogens (tertiary/aromatic N) is 1. The van der Waals surface area contributed by atoms with Crippen molar-refractivity contribution in [2.45, 2.75) is 32.2 Å². The Balaban J connectivity index is 3.33. The summed E-state index contributed by atoms with van der Waals surface area (Å²) in [4.78, 5) is 12.7. The first-order chi connectivity index (χ1) is 5.52. The Labute approximate surface area is 74.9 Å². The van der Waals surface area contributed by atoms with E-state index in [2.05, 4.69) is 4.90 Å². The molecule has 1 atom stereocenters. The average molecular weight is 172 g/mol. The molecule has 0 fully saturated rings. The smallest absolute Gasteiger partial charge is 0.129 e. The van der Waals surface area contributed by atoms with Gasteiger partial charge in [0.2, 0.25) is 0 Å². The molecular formula is C9H20N2O. The highest BCUT2D eigenvalue weighted by Gasteiger charge is 2.04. The normalized spacial score (nSPS) is 13.4. The van der Waals surface area contributed by atoms with Crippen molar-refractivity contribution in [3.05, 3.63) is 0 Å². The minimum atomic E-state index is 0.177. The molecule has 0 aromatic rings. The predicted molar refractivity (Wildman–Crippen MR) is 51.1 cm³/mol.